The normalized spacial score (nSPS) is 11.9. The van der Waals surface area contributed by atoms with Crippen molar-refractivity contribution in [2.45, 2.75) is 72.6 Å². The molecule has 5 heteroatoms. The Kier molecular flexibility index (Phi) is 12.2. The predicted octanol–water partition coefficient (Wildman–Crippen LogP) is 6.38. The number of aliphatic hydroxyl groups is 1. The molecule has 0 aliphatic carbocycles. The van der Waals surface area contributed by atoms with Gasteiger partial charge in [0.25, 0.3) is 0 Å². The maximum atomic E-state index is 9.52. The molecule has 0 atom stereocenters. The van der Waals surface area contributed by atoms with Gasteiger partial charge in [-0.15, -0.1) is 0 Å². The van der Waals surface area contributed by atoms with Crippen LogP contribution >= 0.6 is 0 Å². The fourth-order valence-electron chi connectivity index (χ4n) is 4.30. The molecule has 0 aliphatic rings. The molecule has 0 spiro atoms. The number of hydrogen-bond donors (Lipinski definition) is 2. The minimum atomic E-state index is -2.76. The summed E-state index contributed by atoms with van der Waals surface area (Å²) < 4.78 is 11.4. The Labute approximate surface area is 198 Å². The summed E-state index contributed by atoms with van der Waals surface area (Å²) in [4.78, 5) is 4.76. The number of ether oxygens (including phenoxy) is 1. The van der Waals surface area contributed by atoms with Crippen molar-refractivity contribution in [3.8, 4) is 11.6 Å². The minimum absolute atomic E-state index is 0.00499. The first-order valence-corrected chi connectivity index (χ1v) is 19.8. The average molecular weight is 546 g/mol. The Morgan fingerprint density at radius 1 is 0.875 bits per heavy atom. The molecule has 0 aliphatic heterocycles. The van der Waals surface area contributed by atoms with Crippen molar-refractivity contribution < 1.29 is 14.9 Å². The molecule has 2 aromatic rings. The van der Waals surface area contributed by atoms with Crippen molar-refractivity contribution in [2.75, 3.05) is 13.2 Å². The summed E-state index contributed by atoms with van der Waals surface area (Å²) in [7, 11) is 0. The fraction of sp³-hybridized carbons (Fsp3) is 0.519. The first kappa shape index (κ1) is 26.7. The molecule has 0 saturated carbocycles. The van der Waals surface area contributed by atoms with E-state index in [0.29, 0.717) is 6.61 Å². The number of rotatable bonds is 15. The number of aromatic nitrogens is 1. The molecule has 1 heterocycles. The van der Waals surface area contributed by atoms with E-state index in [4.69, 9.17) is 9.72 Å². The molecule has 4 nitrogen and oxygen atoms in total. The molecule has 0 fully saturated rings. The third-order valence-electron chi connectivity index (χ3n) is 6.16. The van der Waals surface area contributed by atoms with Crippen molar-refractivity contribution in [3.63, 3.8) is 0 Å². The van der Waals surface area contributed by atoms with Crippen LogP contribution in [0, 0.1) is 0 Å². The van der Waals surface area contributed by atoms with Gasteiger partial charge in [-0.1, -0.05) is 0 Å². The van der Waals surface area contributed by atoms with Crippen LogP contribution < -0.4 is 8.32 Å². The first-order chi connectivity index (χ1) is 15.6. The van der Waals surface area contributed by atoms with Gasteiger partial charge in [0.05, 0.1) is 0 Å². The van der Waals surface area contributed by atoms with E-state index in [1.54, 1.807) is 12.1 Å². The van der Waals surface area contributed by atoms with Crippen molar-refractivity contribution in [3.05, 3.63) is 47.7 Å². The summed E-state index contributed by atoms with van der Waals surface area (Å²) >= 11 is -2.76. The van der Waals surface area contributed by atoms with Crippen LogP contribution in [0.25, 0.3) is 12.2 Å². The zero-order chi connectivity index (χ0) is 23.2. The summed E-state index contributed by atoms with van der Waals surface area (Å²) in [5.74, 6) is 1.04. The average Bonchev–Trinajstić information content (AvgIpc) is 2.82. The van der Waals surface area contributed by atoms with Crippen LogP contribution in [0.3, 0.4) is 0 Å². The monoisotopic (exact) mass is 547 g/mol. The van der Waals surface area contributed by atoms with Gasteiger partial charge in [0.15, 0.2) is 0 Å². The Morgan fingerprint density at radius 3 is 1.97 bits per heavy atom. The van der Waals surface area contributed by atoms with Crippen LogP contribution in [0.5, 0.6) is 11.6 Å². The number of pyridine rings is 1. The van der Waals surface area contributed by atoms with Crippen molar-refractivity contribution in [1.29, 1.82) is 0 Å². The molecule has 0 unspecified atom stereocenters. The van der Waals surface area contributed by atoms with E-state index in [2.05, 4.69) is 39.0 Å². The summed E-state index contributed by atoms with van der Waals surface area (Å²) in [5.41, 5.74) is 2.14. The molecule has 2 N–H and O–H groups in total. The Bertz CT molecular complexity index is 798. The van der Waals surface area contributed by atoms with Crippen LogP contribution in [0.2, 0.25) is 13.3 Å². The van der Waals surface area contributed by atoms with Gasteiger partial charge in [-0.3, -0.25) is 0 Å². The number of aromatic hydroxyl groups is 1. The van der Waals surface area contributed by atoms with Gasteiger partial charge in [-0.05, 0) is 0 Å². The van der Waals surface area contributed by atoms with Crippen LogP contribution in [-0.4, -0.2) is 46.8 Å². The van der Waals surface area contributed by atoms with Crippen molar-refractivity contribution in [1.82, 2.24) is 4.98 Å². The SMILES string of the molecule is CCC[CH2][Sn]([CH2]CCC)([CH2]CCC)[c]1cc(C=Cc2ccc(O)cc2)cnc1OCCO. The summed E-state index contributed by atoms with van der Waals surface area (Å²) in [5, 5.41) is 18.9. The van der Waals surface area contributed by atoms with Gasteiger partial charge in [0.2, 0.25) is 0 Å². The maximum absolute atomic E-state index is 9.52. The fourth-order valence-corrected chi connectivity index (χ4v) is 20.6. The predicted molar refractivity (Wildman–Crippen MR) is 138 cm³/mol. The third kappa shape index (κ3) is 8.11. The van der Waals surface area contributed by atoms with E-state index in [1.807, 2.05) is 18.3 Å². The molecule has 2 rings (SSSR count). The number of aliphatic hydroxyl groups excluding tert-OH is 1. The molecule has 0 amide bonds. The van der Waals surface area contributed by atoms with Gasteiger partial charge >= 0.3 is 199 Å². The molecule has 1 aromatic carbocycles. The first-order valence-electron chi connectivity index (χ1n) is 12.3. The Morgan fingerprint density at radius 2 is 1.44 bits per heavy atom. The summed E-state index contributed by atoms with van der Waals surface area (Å²) in [6, 6.07) is 9.57. The van der Waals surface area contributed by atoms with E-state index in [-0.39, 0.29) is 12.4 Å². The topological polar surface area (TPSA) is 62.6 Å². The van der Waals surface area contributed by atoms with E-state index in [9.17, 15) is 10.2 Å². The molecule has 176 valence electrons. The van der Waals surface area contributed by atoms with Crippen molar-refractivity contribution >= 4 is 34.1 Å². The van der Waals surface area contributed by atoms with Gasteiger partial charge in [-0.25, -0.2) is 0 Å². The molecule has 0 bridgehead atoms. The number of phenolic OH excluding ortho intramolecular Hbond substituents is 1. The quantitative estimate of drug-likeness (QED) is 0.255. The Balaban J connectivity index is 2.50. The van der Waals surface area contributed by atoms with Crippen LogP contribution in [0.15, 0.2) is 36.5 Å². The molecule has 0 saturated heterocycles. The number of phenols is 1. The van der Waals surface area contributed by atoms with E-state index < -0.39 is 18.4 Å². The van der Waals surface area contributed by atoms with Gasteiger partial charge in [-0.2, -0.15) is 0 Å². The van der Waals surface area contributed by atoms with E-state index in [0.717, 1.165) is 17.0 Å². The standard InChI is InChI=1S/C15H14NO3.3C4H9.Sn/c17-9-10-19-15-8-5-13(11-16-15)2-1-12-3-6-14(18)7-4-12;3*1-3-4-2;/h1-7,11,17-18H,9-10H2;3*1,3-4H2,2H3;. The number of unbranched alkanes of at least 4 members (excludes halogenated alkanes) is 3. The van der Waals surface area contributed by atoms with Crippen LogP contribution in [0.1, 0.15) is 70.4 Å². The Hall–Kier alpha value is -1.53. The second-order valence-electron chi connectivity index (χ2n) is 8.71. The van der Waals surface area contributed by atoms with Gasteiger partial charge in [0, 0.05) is 0 Å². The van der Waals surface area contributed by atoms with Crippen LogP contribution in [-0.2, 0) is 0 Å². The number of hydrogen-bond acceptors (Lipinski definition) is 4. The second-order valence-corrected chi connectivity index (χ2v) is 21.8. The molecule has 0 radical (unpaired) electrons. The van der Waals surface area contributed by atoms with Gasteiger partial charge in [0.1, 0.15) is 0 Å². The number of nitrogens with zero attached hydrogens (tertiary/aromatic N) is 1. The zero-order valence-electron chi connectivity index (χ0n) is 20.1. The molecular weight excluding hydrogens is 505 g/mol. The van der Waals surface area contributed by atoms with E-state index >= 15 is 0 Å². The zero-order valence-corrected chi connectivity index (χ0v) is 23.0. The summed E-state index contributed by atoms with van der Waals surface area (Å²) in [6.45, 7) is 7.16. The summed E-state index contributed by atoms with van der Waals surface area (Å²) in [6.07, 6.45) is 13.5. The molecule has 1 aromatic heterocycles. The van der Waals surface area contributed by atoms with E-state index in [1.165, 1.54) is 55.4 Å². The third-order valence-corrected chi connectivity index (χ3v) is 21.7. The number of benzene rings is 1. The second kappa shape index (κ2) is 14.6. The molecular formula is C27H41NO3Sn. The molecule has 32 heavy (non-hydrogen) atoms. The van der Waals surface area contributed by atoms with Gasteiger partial charge < -0.3 is 0 Å². The van der Waals surface area contributed by atoms with Crippen LogP contribution in [0.4, 0.5) is 0 Å². The van der Waals surface area contributed by atoms with Crippen molar-refractivity contribution in [2.24, 2.45) is 0 Å².